The lowest BCUT2D eigenvalue weighted by Gasteiger charge is -2.13. The number of sulfone groups is 1. The molecule has 2 rings (SSSR count). The van der Waals surface area contributed by atoms with E-state index in [1.165, 1.54) is 18.4 Å². The minimum Gasteiger partial charge on any atom is -0.455 e. The number of ether oxygens (including phenoxy) is 1. The van der Waals surface area contributed by atoms with Crippen LogP contribution in [0.2, 0.25) is 5.02 Å². The van der Waals surface area contributed by atoms with Crippen molar-refractivity contribution in [2.75, 3.05) is 13.3 Å². The first-order valence-corrected chi connectivity index (χ1v) is 8.58. The smallest absolute Gasteiger partial charge is 0.175 e. The molecule has 0 spiro atoms. The topological polar surface area (TPSA) is 55.4 Å². The van der Waals surface area contributed by atoms with Crippen LogP contribution in [0.4, 0.5) is 0 Å². The van der Waals surface area contributed by atoms with Crippen LogP contribution < -0.4 is 10.1 Å². The standard InChI is InChI=1S/C15H16ClNO3S/c1-17-10-11-4-3-5-14(16)15(11)20-12-6-8-13(9-7-12)21(2,18)19/h3-9,17H,10H2,1-2H3. The van der Waals surface area contributed by atoms with E-state index in [1.54, 1.807) is 18.2 Å². The molecule has 21 heavy (non-hydrogen) atoms. The van der Waals surface area contributed by atoms with Crippen LogP contribution in [0.1, 0.15) is 5.56 Å². The van der Waals surface area contributed by atoms with Crippen molar-refractivity contribution < 1.29 is 13.2 Å². The zero-order chi connectivity index (χ0) is 15.5. The molecule has 0 heterocycles. The molecule has 0 fully saturated rings. The van der Waals surface area contributed by atoms with Crippen LogP contribution in [-0.4, -0.2) is 21.7 Å². The van der Waals surface area contributed by atoms with E-state index < -0.39 is 9.84 Å². The zero-order valence-corrected chi connectivity index (χ0v) is 13.3. The molecule has 0 aliphatic heterocycles. The van der Waals surface area contributed by atoms with Crippen LogP contribution >= 0.6 is 11.6 Å². The second-order valence-electron chi connectivity index (χ2n) is 4.60. The van der Waals surface area contributed by atoms with Crippen LogP contribution in [-0.2, 0) is 16.4 Å². The summed E-state index contributed by atoms with van der Waals surface area (Å²) in [6.07, 6.45) is 1.17. The Bertz CT molecular complexity index is 727. The molecule has 0 aliphatic carbocycles. The van der Waals surface area contributed by atoms with Gasteiger partial charge in [0.15, 0.2) is 9.84 Å². The van der Waals surface area contributed by atoms with E-state index in [9.17, 15) is 8.42 Å². The van der Waals surface area contributed by atoms with Gasteiger partial charge in [-0.25, -0.2) is 8.42 Å². The summed E-state index contributed by atoms with van der Waals surface area (Å²) in [5, 5.41) is 3.56. The first kappa shape index (κ1) is 15.8. The molecule has 0 unspecified atom stereocenters. The van der Waals surface area contributed by atoms with Gasteiger partial charge in [0.1, 0.15) is 11.5 Å². The van der Waals surface area contributed by atoms with E-state index in [2.05, 4.69) is 5.32 Å². The summed E-state index contributed by atoms with van der Waals surface area (Å²) in [7, 11) is -1.37. The molecule has 0 radical (unpaired) electrons. The van der Waals surface area contributed by atoms with E-state index in [1.807, 2.05) is 19.2 Å². The van der Waals surface area contributed by atoms with Gasteiger partial charge in [-0.1, -0.05) is 23.7 Å². The maximum atomic E-state index is 11.4. The molecule has 112 valence electrons. The van der Waals surface area contributed by atoms with Gasteiger partial charge in [0.25, 0.3) is 0 Å². The largest absolute Gasteiger partial charge is 0.455 e. The highest BCUT2D eigenvalue weighted by Crippen LogP contribution is 2.33. The van der Waals surface area contributed by atoms with Crippen LogP contribution in [0.25, 0.3) is 0 Å². The predicted octanol–water partition coefficient (Wildman–Crippen LogP) is 3.26. The molecule has 6 heteroatoms. The lowest BCUT2D eigenvalue weighted by Crippen LogP contribution is -2.06. The Morgan fingerprint density at radius 3 is 2.38 bits per heavy atom. The Morgan fingerprint density at radius 1 is 1.14 bits per heavy atom. The second kappa shape index (κ2) is 6.47. The number of hydrogen-bond donors (Lipinski definition) is 1. The number of para-hydroxylation sites is 1. The number of rotatable bonds is 5. The fourth-order valence-corrected chi connectivity index (χ4v) is 2.73. The lowest BCUT2D eigenvalue weighted by molar-refractivity contribution is 0.474. The van der Waals surface area contributed by atoms with Crippen molar-refractivity contribution in [2.24, 2.45) is 0 Å². The van der Waals surface area contributed by atoms with Crippen molar-refractivity contribution in [2.45, 2.75) is 11.4 Å². The Kier molecular flexibility index (Phi) is 4.88. The minimum atomic E-state index is -3.21. The van der Waals surface area contributed by atoms with Gasteiger partial charge in [-0.15, -0.1) is 0 Å². The van der Waals surface area contributed by atoms with Gasteiger partial charge < -0.3 is 10.1 Å². The first-order chi connectivity index (χ1) is 9.91. The molecular weight excluding hydrogens is 310 g/mol. The van der Waals surface area contributed by atoms with Crippen LogP contribution in [0.5, 0.6) is 11.5 Å². The predicted molar refractivity (Wildman–Crippen MR) is 83.8 cm³/mol. The average Bonchev–Trinajstić information content (AvgIpc) is 2.42. The third-order valence-electron chi connectivity index (χ3n) is 2.89. The summed E-state index contributed by atoms with van der Waals surface area (Å²) >= 11 is 6.17. The van der Waals surface area contributed by atoms with E-state index in [-0.39, 0.29) is 4.90 Å². The van der Waals surface area contributed by atoms with E-state index in [0.29, 0.717) is 23.1 Å². The van der Waals surface area contributed by atoms with Crippen LogP contribution in [0.3, 0.4) is 0 Å². The van der Waals surface area contributed by atoms with Gasteiger partial charge in [-0.2, -0.15) is 0 Å². The molecule has 0 aliphatic rings. The van der Waals surface area contributed by atoms with Gasteiger partial charge >= 0.3 is 0 Å². The summed E-state index contributed by atoms with van der Waals surface area (Å²) in [5.74, 6) is 1.11. The molecule has 2 aromatic rings. The van der Waals surface area contributed by atoms with Crippen molar-refractivity contribution >= 4 is 21.4 Å². The Labute approximate surface area is 129 Å². The second-order valence-corrected chi connectivity index (χ2v) is 7.03. The van der Waals surface area contributed by atoms with Gasteiger partial charge in [-0.3, -0.25) is 0 Å². The van der Waals surface area contributed by atoms with Crippen LogP contribution in [0, 0.1) is 0 Å². The summed E-state index contributed by atoms with van der Waals surface area (Å²) < 4.78 is 28.6. The zero-order valence-electron chi connectivity index (χ0n) is 11.8. The molecule has 2 aromatic carbocycles. The normalized spacial score (nSPS) is 11.4. The van der Waals surface area contributed by atoms with Crippen molar-refractivity contribution in [3.05, 3.63) is 53.1 Å². The SMILES string of the molecule is CNCc1cccc(Cl)c1Oc1ccc(S(C)(=O)=O)cc1. The van der Waals surface area contributed by atoms with Gasteiger partial charge in [-0.05, 0) is 37.4 Å². The minimum absolute atomic E-state index is 0.254. The molecule has 0 saturated carbocycles. The van der Waals surface area contributed by atoms with Crippen LogP contribution in [0.15, 0.2) is 47.4 Å². The number of nitrogens with one attached hydrogen (secondary N) is 1. The summed E-state index contributed by atoms with van der Waals surface area (Å²) in [6.45, 7) is 0.622. The van der Waals surface area contributed by atoms with Gasteiger partial charge in [0.05, 0.1) is 9.92 Å². The third-order valence-corrected chi connectivity index (χ3v) is 4.31. The van der Waals surface area contributed by atoms with Crippen molar-refractivity contribution in [1.82, 2.24) is 5.32 Å². The highest BCUT2D eigenvalue weighted by atomic mass is 35.5. The Morgan fingerprint density at radius 2 is 1.81 bits per heavy atom. The molecule has 0 aromatic heterocycles. The van der Waals surface area contributed by atoms with Gasteiger partial charge in [0, 0.05) is 18.4 Å². The maximum Gasteiger partial charge on any atom is 0.175 e. The van der Waals surface area contributed by atoms with Crippen molar-refractivity contribution in [3.63, 3.8) is 0 Å². The van der Waals surface area contributed by atoms with Crippen molar-refractivity contribution in [3.8, 4) is 11.5 Å². The quantitative estimate of drug-likeness (QED) is 0.916. The molecular formula is C15H16ClNO3S. The molecule has 0 amide bonds. The molecule has 4 nitrogen and oxygen atoms in total. The maximum absolute atomic E-state index is 11.4. The van der Waals surface area contributed by atoms with Gasteiger partial charge in [0.2, 0.25) is 0 Å². The highest BCUT2D eigenvalue weighted by molar-refractivity contribution is 7.90. The lowest BCUT2D eigenvalue weighted by atomic mass is 10.2. The Hall–Kier alpha value is -1.56. The van der Waals surface area contributed by atoms with E-state index in [0.717, 1.165) is 5.56 Å². The van der Waals surface area contributed by atoms with Crippen molar-refractivity contribution in [1.29, 1.82) is 0 Å². The summed E-state index contributed by atoms with van der Waals surface area (Å²) in [6, 6.07) is 11.8. The highest BCUT2D eigenvalue weighted by Gasteiger charge is 2.11. The third kappa shape index (κ3) is 3.97. The fourth-order valence-electron chi connectivity index (χ4n) is 1.87. The molecule has 0 bridgehead atoms. The average molecular weight is 326 g/mol. The number of benzene rings is 2. The first-order valence-electron chi connectivity index (χ1n) is 6.32. The monoisotopic (exact) mass is 325 g/mol. The van der Waals surface area contributed by atoms with E-state index >= 15 is 0 Å². The Balaban J connectivity index is 2.30. The number of hydrogen-bond acceptors (Lipinski definition) is 4. The summed E-state index contributed by atoms with van der Waals surface area (Å²) in [5.41, 5.74) is 0.928. The molecule has 0 saturated heterocycles. The molecule has 0 atom stereocenters. The summed E-state index contributed by atoms with van der Waals surface area (Å²) in [4.78, 5) is 0.254. The fraction of sp³-hybridized carbons (Fsp3) is 0.200. The number of halogens is 1. The molecule has 1 N–H and O–H groups in total. The van der Waals surface area contributed by atoms with E-state index in [4.69, 9.17) is 16.3 Å².